The van der Waals surface area contributed by atoms with Gasteiger partial charge in [0, 0.05) is 31.1 Å². The first-order valence-corrected chi connectivity index (χ1v) is 14.1. The zero-order valence-electron chi connectivity index (χ0n) is 22.0. The summed E-state index contributed by atoms with van der Waals surface area (Å²) in [5, 5.41) is 2.88. The summed E-state index contributed by atoms with van der Waals surface area (Å²) in [5.41, 5.74) is 2.87. The van der Waals surface area contributed by atoms with Gasteiger partial charge in [-0.1, -0.05) is 31.2 Å². The molecule has 9 heteroatoms. The van der Waals surface area contributed by atoms with Gasteiger partial charge >= 0.3 is 0 Å². The zero-order valence-corrected chi connectivity index (χ0v) is 22.9. The fraction of sp³-hybridized carbons (Fsp3) is 0.481. The number of anilines is 1. The molecular weight excluding hydrogens is 481 g/mol. The molecule has 198 valence electrons. The Morgan fingerprint density at radius 2 is 1.72 bits per heavy atom. The standard InChI is InChI=1S/C27H38FN3O4S/c1-7-21(4)29-27(33)22(5)30(18-23-11-8-9-12-25(23)28)26(32)13-10-16-31(36(6,34)35)24-15-14-19(2)20(3)17-24/h8-9,11-12,14-15,17,21-22H,7,10,13,16,18H2,1-6H3,(H,29,33)/t21-,22-/m0/s1. The zero-order chi connectivity index (χ0) is 27.0. The molecule has 2 aromatic carbocycles. The van der Waals surface area contributed by atoms with Gasteiger partial charge in [0.25, 0.3) is 0 Å². The first kappa shape index (κ1) is 29.3. The second kappa shape index (κ2) is 12.9. The van der Waals surface area contributed by atoms with Gasteiger partial charge in [0.1, 0.15) is 11.9 Å². The molecule has 0 fully saturated rings. The number of amides is 2. The van der Waals surface area contributed by atoms with Crippen LogP contribution in [0.2, 0.25) is 0 Å². The lowest BCUT2D eigenvalue weighted by Crippen LogP contribution is -2.49. The van der Waals surface area contributed by atoms with Crippen molar-refractivity contribution >= 4 is 27.5 Å². The van der Waals surface area contributed by atoms with Gasteiger partial charge in [0.05, 0.1) is 11.9 Å². The van der Waals surface area contributed by atoms with Crippen LogP contribution in [0.1, 0.15) is 56.7 Å². The molecule has 0 saturated carbocycles. The van der Waals surface area contributed by atoms with E-state index in [1.54, 1.807) is 31.2 Å². The van der Waals surface area contributed by atoms with Crippen LogP contribution in [0.4, 0.5) is 10.1 Å². The fourth-order valence-electron chi connectivity index (χ4n) is 3.74. The molecule has 0 aromatic heterocycles. The number of carbonyl (C=O) groups excluding carboxylic acids is 2. The topological polar surface area (TPSA) is 86.8 Å². The minimum Gasteiger partial charge on any atom is -0.352 e. The molecule has 0 aliphatic rings. The molecule has 0 radical (unpaired) electrons. The highest BCUT2D eigenvalue weighted by Gasteiger charge is 2.28. The summed E-state index contributed by atoms with van der Waals surface area (Å²) in [6, 6.07) is 10.7. The number of sulfonamides is 1. The highest BCUT2D eigenvalue weighted by molar-refractivity contribution is 7.92. The van der Waals surface area contributed by atoms with Crippen LogP contribution in [0.15, 0.2) is 42.5 Å². The van der Waals surface area contributed by atoms with Crippen molar-refractivity contribution in [2.75, 3.05) is 17.1 Å². The van der Waals surface area contributed by atoms with Gasteiger partial charge in [0.15, 0.2) is 0 Å². The molecule has 0 aliphatic carbocycles. The third kappa shape index (κ3) is 8.05. The summed E-state index contributed by atoms with van der Waals surface area (Å²) in [7, 11) is -3.57. The van der Waals surface area contributed by atoms with E-state index >= 15 is 0 Å². The Bertz CT molecular complexity index is 1170. The van der Waals surface area contributed by atoms with Crippen LogP contribution in [-0.4, -0.2) is 50.0 Å². The molecule has 2 aromatic rings. The third-order valence-corrected chi connectivity index (χ3v) is 7.59. The van der Waals surface area contributed by atoms with Crippen LogP contribution in [-0.2, 0) is 26.2 Å². The van der Waals surface area contributed by atoms with Gasteiger partial charge in [-0.3, -0.25) is 13.9 Å². The number of nitrogens with zero attached hydrogens (tertiary/aromatic N) is 2. The van der Waals surface area contributed by atoms with Crippen LogP contribution >= 0.6 is 0 Å². The number of halogens is 1. The summed E-state index contributed by atoms with van der Waals surface area (Å²) < 4.78 is 40.6. The number of carbonyl (C=O) groups is 2. The van der Waals surface area contributed by atoms with E-state index in [9.17, 15) is 22.4 Å². The van der Waals surface area contributed by atoms with E-state index in [1.165, 1.54) is 15.3 Å². The van der Waals surface area contributed by atoms with Gasteiger partial charge < -0.3 is 10.2 Å². The van der Waals surface area contributed by atoms with E-state index in [-0.39, 0.29) is 43.8 Å². The van der Waals surface area contributed by atoms with E-state index in [0.717, 1.165) is 23.8 Å². The number of benzene rings is 2. The van der Waals surface area contributed by atoms with Crippen molar-refractivity contribution in [2.45, 2.75) is 72.5 Å². The van der Waals surface area contributed by atoms with Crippen LogP contribution in [0.3, 0.4) is 0 Å². The molecule has 1 N–H and O–H groups in total. The Kier molecular flexibility index (Phi) is 10.5. The van der Waals surface area contributed by atoms with Crippen LogP contribution in [0, 0.1) is 19.7 Å². The van der Waals surface area contributed by atoms with Crippen LogP contribution in [0.5, 0.6) is 0 Å². The van der Waals surface area contributed by atoms with Crippen molar-refractivity contribution in [3.8, 4) is 0 Å². The van der Waals surface area contributed by atoms with E-state index in [0.29, 0.717) is 11.3 Å². The molecule has 2 amide bonds. The number of rotatable bonds is 12. The molecule has 0 saturated heterocycles. The largest absolute Gasteiger partial charge is 0.352 e. The Balaban J connectivity index is 2.20. The van der Waals surface area contributed by atoms with Crippen molar-refractivity contribution in [1.82, 2.24) is 10.2 Å². The van der Waals surface area contributed by atoms with Crippen molar-refractivity contribution < 1.29 is 22.4 Å². The monoisotopic (exact) mass is 519 g/mol. The predicted molar refractivity (Wildman–Crippen MR) is 142 cm³/mol. The molecule has 0 heterocycles. The Morgan fingerprint density at radius 3 is 2.31 bits per heavy atom. The Labute approximate surface area is 214 Å². The maximum absolute atomic E-state index is 14.4. The van der Waals surface area contributed by atoms with Crippen molar-refractivity contribution in [1.29, 1.82) is 0 Å². The van der Waals surface area contributed by atoms with Crippen LogP contribution < -0.4 is 9.62 Å². The van der Waals surface area contributed by atoms with E-state index < -0.39 is 21.9 Å². The van der Waals surface area contributed by atoms with Crippen LogP contribution in [0.25, 0.3) is 0 Å². The second-order valence-electron chi connectivity index (χ2n) is 9.31. The fourth-order valence-corrected chi connectivity index (χ4v) is 4.70. The second-order valence-corrected chi connectivity index (χ2v) is 11.2. The number of hydrogen-bond acceptors (Lipinski definition) is 4. The SMILES string of the molecule is CC[C@H](C)NC(=O)[C@H](C)N(Cc1ccccc1F)C(=O)CCCN(c1ccc(C)c(C)c1)S(C)(=O)=O. The minimum atomic E-state index is -3.57. The smallest absolute Gasteiger partial charge is 0.242 e. The average molecular weight is 520 g/mol. The molecule has 0 bridgehead atoms. The summed E-state index contributed by atoms with van der Waals surface area (Å²) in [4.78, 5) is 27.4. The minimum absolute atomic E-state index is 0.00622. The molecule has 0 spiro atoms. The average Bonchev–Trinajstić information content (AvgIpc) is 2.81. The predicted octanol–water partition coefficient (Wildman–Crippen LogP) is 4.32. The summed E-state index contributed by atoms with van der Waals surface area (Å²) >= 11 is 0. The maximum Gasteiger partial charge on any atom is 0.242 e. The number of hydrogen-bond donors (Lipinski definition) is 1. The lowest BCUT2D eigenvalue weighted by Gasteiger charge is -2.30. The summed E-state index contributed by atoms with van der Waals surface area (Å²) in [6.07, 6.45) is 2.12. The Hall–Kier alpha value is -2.94. The molecular formula is C27H38FN3O4S. The van der Waals surface area contributed by atoms with Gasteiger partial charge in [-0.05, 0) is 69.9 Å². The van der Waals surface area contributed by atoms with Gasteiger partial charge in [-0.25, -0.2) is 12.8 Å². The highest BCUT2D eigenvalue weighted by Crippen LogP contribution is 2.22. The third-order valence-electron chi connectivity index (χ3n) is 6.40. The molecule has 2 rings (SSSR count). The van der Waals surface area contributed by atoms with Crippen molar-refractivity contribution in [3.05, 3.63) is 65.0 Å². The highest BCUT2D eigenvalue weighted by atomic mass is 32.2. The van der Waals surface area contributed by atoms with E-state index in [4.69, 9.17) is 0 Å². The van der Waals surface area contributed by atoms with Gasteiger partial charge in [0.2, 0.25) is 21.8 Å². The quantitative estimate of drug-likeness (QED) is 0.453. The van der Waals surface area contributed by atoms with Crippen molar-refractivity contribution in [3.63, 3.8) is 0 Å². The molecule has 0 aliphatic heterocycles. The maximum atomic E-state index is 14.4. The van der Waals surface area contributed by atoms with E-state index in [1.807, 2.05) is 39.8 Å². The number of aryl methyl sites for hydroxylation is 2. The Morgan fingerprint density at radius 1 is 1.06 bits per heavy atom. The van der Waals surface area contributed by atoms with E-state index in [2.05, 4.69) is 5.32 Å². The molecule has 2 atom stereocenters. The first-order chi connectivity index (χ1) is 16.8. The number of nitrogens with one attached hydrogen (secondary N) is 1. The molecule has 36 heavy (non-hydrogen) atoms. The summed E-state index contributed by atoms with van der Waals surface area (Å²) in [5.74, 6) is -1.12. The molecule has 7 nitrogen and oxygen atoms in total. The molecule has 0 unspecified atom stereocenters. The first-order valence-electron chi connectivity index (χ1n) is 12.2. The van der Waals surface area contributed by atoms with Crippen molar-refractivity contribution in [2.24, 2.45) is 0 Å². The lowest BCUT2D eigenvalue weighted by atomic mass is 10.1. The normalized spacial score (nSPS) is 13.1. The summed E-state index contributed by atoms with van der Waals surface area (Å²) in [6.45, 7) is 9.34. The lowest BCUT2D eigenvalue weighted by molar-refractivity contribution is -0.141. The van der Waals surface area contributed by atoms with Gasteiger partial charge in [-0.15, -0.1) is 0 Å². The van der Waals surface area contributed by atoms with Gasteiger partial charge in [-0.2, -0.15) is 0 Å².